The van der Waals surface area contributed by atoms with Crippen LogP contribution in [0.15, 0.2) is 48.5 Å². The zero-order valence-electron chi connectivity index (χ0n) is 11.1. The summed E-state index contributed by atoms with van der Waals surface area (Å²) in [5.41, 5.74) is -0.184. The van der Waals surface area contributed by atoms with E-state index in [-0.39, 0.29) is 11.3 Å². The minimum absolute atomic E-state index is 0.00748. The van der Waals surface area contributed by atoms with Crippen molar-refractivity contribution in [3.8, 4) is 0 Å². The summed E-state index contributed by atoms with van der Waals surface area (Å²) in [6, 6.07) is 10.9. The number of carboxylic acids is 1. The molecule has 0 bridgehead atoms. The lowest BCUT2D eigenvalue weighted by Crippen LogP contribution is -2.16. The van der Waals surface area contributed by atoms with Gasteiger partial charge < -0.3 is 10.0 Å². The number of hydrogen-bond acceptors (Lipinski definition) is 2. The van der Waals surface area contributed by atoms with E-state index >= 15 is 0 Å². The number of rotatable bonds is 3. The summed E-state index contributed by atoms with van der Waals surface area (Å²) in [6.45, 7) is 0. The number of carboxylic acid groups (broad SMARTS) is 1. The second-order valence-corrected chi connectivity index (χ2v) is 4.43. The highest BCUT2D eigenvalue weighted by molar-refractivity contribution is 5.88. The molecular formula is C15H12F3NO2. The number of benzene rings is 2. The summed E-state index contributed by atoms with van der Waals surface area (Å²) >= 11 is 0. The van der Waals surface area contributed by atoms with Gasteiger partial charge in [0.25, 0.3) is 0 Å². The fourth-order valence-corrected chi connectivity index (χ4v) is 1.97. The van der Waals surface area contributed by atoms with Gasteiger partial charge in [-0.25, -0.2) is 4.79 Å². The quantitative estimate of drug-likeness (QED) is 0.923. The number of para-hydroxylation sites is 1. The molecule has 0 atom stereocenters. The maximum absolute atomic E-state index is 13.0. The molecular weight excluding hydrogens is 283 g/mol. The number of nitrogens with zero attached hydrogens (tertiary/aromatic N) is 1. The second kappa shape index (κ2) is 5.47. The van der Waals surface area contributed by atoms with E-state index in [9.17, 15) is 18.0 Å². The molecule has 0 unspecified atom stereocenters. The average Bonchev–Trinajstić information content (AvgIpc) is 2.45. The van der Waals surface area contributed by atoms with E-state index < -0.39 is 17.7 Å². The standard InChI is InChI=1S/C15H12F3NO2/c1-19(11-8-6-10(7-9-11)14(20)21)13-5-3-2-4-12(13)15(16,17)18/h2-9H,1H3,(H,20,21). The van der Waals surface area contributed by atoms with Gasteiger partial charge in [0.1, 0.15) is 0 Å². The lowest BCUT2D eigenvalue weighted by atomic mass is 10.1. The van der Waals surface area contributed by atoms with Crippen LogP contribution in [0.5, 0.6) is 0 Å². The molecule has 0 radical (unpaired) electrons. The lowest BCUT2D eigenvalue weighted by molar-refractivity contribution is -0.137. The summed E-state index contributed by atoms with van der Waals surface area (Å²) < 4.78 is 39.0. The van der Waals surface area contributed by atoms with Gasteiger partial charge in [-0.15, -0.1) is 0 Å². The molecule has 2 aromatic rings. The maximum Gasteiger partial charge on any atom is 0.418 e. The van der Waals surface area contributed by atoms with Crippen LogP contribution in [-0.2, 0) is 6.18 Å². The third-order valence-electron chi connectivity index (χ3n) is 3.07. The van der Waals surface area contributed by atoms with Crippen LogP contribution in [-0.4, -0.2) is 18.1 Å². The molecule has 0 aliphatic rings. The van der Waals surface area contributed by atoms with Gasteiger partial charge >= 0.3 is 12.1 Å². The zero-order valence-corrected chi connectivity index (χ0v) is 11.1. The van der Waals surface area contributed by atoms with Gasteiger partial charge in [-0.2, -0.15) is 13.2 Å². The molecule has 0 heterocycles. The van der Waals surface area contributed by atoms with E-state index in [2.05, 4.69) is 0 Å². The van der Waals surface area contributed by atoms with Crippen molar-refractivity contribution < 1.29 is 23.1 Å². The second-order valence-electron chi connectivity index (χ2n) is 4.43. The first-order valence-electron chi connectivity index (χ1n) is 6.04. The van der Waals surface area contributed by atoms with Crippen LogP contribution in [0.25, 0.3) is 0 Å². The van der Waals surface area contributed by atoms with Gasteiger partial charge in [0.15, 0.2) is 0 Å². The van der Waals surface area contributed by atoms with E-state index in [1.807, 2.05) is 0 Å². The highest BCUT2D eigenvalue weighted by atomic mass is 19.4. The predicted molar refractivity (Wildman–Crippen MR) is 72.9 cm³/mol. The molecule has 0 aromatic heterocycles. The topological polar surface area (TPSA) is 40.5 Å². The SMILES string of the molecule is CN(c1ccc(C(=O)O)cc1)c1ccccc1C(F)(F)F. The highest BCUT2D eigenvalue weighted by Crippen LogP contribution is 2.38. The van der Waals surface area contributed by atoms with Crippen LogP contribution in [0.2, 0.25) is 0 Å². The van der Waals surface area contributed by atoms with Gasteiger partial charge in [0, 0.05) is 12.7 Å². The third kappa shape index (κ3) is 3.16. The summed E-state index contributed by atoms with van der Waals surface area (Å²) in [5, 5.41) is 8.82. The van der Waals surface area contributed by atoms with Crippen LogP contribution in [0.4, 0.5) is 24.5 Å². The van der Waals surface area contributed by atoms with Crippen LogP contribution in [0.3, 0.4) is 0 Å². The Morgan fingerprint density at radius 2 is 1.62 bits per heavy atom. The molecule has 0 spiro atoms. The molecule has 0 aliphatic carbocycles. The van der Waals surface area contributed by atoms with Crippen molar-refractivity contribution >= 4 is 17.3 Å². The molecule has 0 saturated carbocycles. The van der Waals surface area contributed by atoms with Crippen LogP contribution >= 0.6 is 0 Å². The van der Waals surface area contributed by atoms with E-state index in [4.69, 9.17) is 5.11 Å². The molecule has 2 aromatic carbocycles. The molecule has 0 amide bonds. The molecule has 3 nitrogen and oxygen atoms in total. The first kappa shape index (κ1) is 14.9. The van der Waals surface area contributed by atoms with Crippen LogP contribution in [0.1, 0.15) is 15.9 Å². The van der Waals surface area contributed by atoms with Crippen molar-refractivity contribution in [2.24, 2.45) is 0 Å². The largest absolute Gasteiger partial charge is 0.478 e. The zero-order chi connectivity index (χ0) is 15.6. The summed E-state index contributed by atoms with van der Waals surface area (Å²) in [6.07, 6.45) is -4.45. The predicted octanol–water partition coefficient (Wildman–Crippen LogP) is 4.17. The first-order chi connectivity index (χ1) is 9.80. The Hall–Kier alpha value is -2.50. The van der Waals surface area contributed by atoms with Gasteiger partial charge in [0.2, 0.25) is 0 Å². The number of alkyl halides is 3. The monoisotopic (exact) mass is 295 g/mol. The number of carbonyl (C=O) groups is 1. The van der Waals surface area contributed by atoms with Crippen LogP contribution in [0, 0.1) is 0 Å². The first-order valence-corrected chi connectivity index (χ1v) is 6.04. The van der Waals surface area contributed by atoms with E-state index in [1.165, 1.54) is 54.4 Å². The lowest BCUT2D eigenvalue weighted by Gasteiger charge is -2.23. The molecule has 1 N–H and O–H groups in total. The number of halogens is 3. The normalized spacial score (nSPS) is 11.2. The van der Waals surface area contributed by atoms with Gasteiger partial charge in [-0.3, -0.25) is 0 Å². The summed E-state index contributed by atoms with van der Waals surface area (Å²) in [7, 11) is 1.50. The maximum atomic E-state index is 13.0. The highest BCUT2D eigenvalue weighted by Gasteiger charge is 2.34. The molecule has 6 heteroatoms. The van der Waals surface area contributed by atoms with Gasteiger partial charge in [0.05, 0.1) is 16.8 Å². The van der Waals surface area contributed by atoms with E-state index in [0.29, 0.717) is 5.69 Å². The third-order valence-corrected chi connectivity index (χ3v) is 3.07. The van der Waals surface area contributed by atoms with Crippen molar-refractivity contribution in [2.45, 2.75) is 6.18 Å². The number of anilines is 2. The Bertz CT molecular complexity index is 651. The molecule has 0 aliphatic heterocycles. The molecule has 110 valence electrons. The van der Waals surface area contributed by atoms with Crippen molar-refractivity contribution in [2.75, 3.05) is 11.9 Å². The van der Waals surface area contributed by atoms with Crippen molar-refractivity contribution in [3.63, 3.8) is 0 Å². The Labute approximate surface area is 119 Å². The molecule has 21 heavy (non-hydrogen) atoms. The molecule has 0 fully saturated rings. The van der Waals surface area contributed by atoms with Gasteiger partial charge in [-0.1, -0.05) is 12.1 Å². The Morgan fingerprint density at radius 3 is 2.14 bits per heavy atom. The fourth-order valence-electron chi connectivity index (χ4n) is 1.97. The van der Waals surface area contributed by atoms with E-state index in [0.717, 1.165) is 6.07 Å². The Kier molecular flexibility index (Phi) is 3.88. The minimum atomic E-state index is -4.45. The Balaban J connectivity index is 2.40. The minimum Gasteiger partial charge on any atom is -0.478 e. The molecule has 2 rings (SSSR count). The number of aromatic carboxylic acids is 1. The van der Waals surface area contributed by atoms with E-state index in [1.54, 1.807) is 0 Å². The summed E-state index contributed by atoms with van der Waals surface area (Å²) in [4.78, 5) is 12.1. The van der Waals surface area contributed by atoms with Crippen molar-refractivity contribution in [1.82, 2.24) is 0 Å². The van der Waals surface area contributed by atoms with Crippen LogP contribution < -0.4 is 4.90 Å². The smallest absolute Gasteiger partial charge is 0.418 e. The van der Waals surface area contributed by atoms with Crippen molar-refractivity contribution in [3.05, 3.63) is 59.7 Å². The molecule has 0 saturated heterocycles. The van der Waals surface area contributed by atoms with Gasteiger partial charge in [-0.05, 0) is 36.4 Å². The average molecular weight is 295 g/mol. The fraction of sp³-hybridized carbons (Fsp3) is 0.133. The summed E-state index contributed by atoms with van der Waals surface area (Å²) in [5.74, 6) is -1.08. The number of hydrogen-bond donors (Lipinski definition) is 1. The Morgan fingerprint density at radius 1 is 1.05 bits per heavy atom. The van der Waals surface area contributed by atoms with Crippen molar-refractivity contribution in [1.29, 1.82) is 0 Å².